The van der Waals surface area contributed by atoms with Crippen molar-refractivity contribution in [2.45, 2.75) is 58.4 Å². The number of benzene rings is 1. The van der Waals surface area contributed by atoms with E-state index >= 15 is 0 Å². The van der Waals surface area contributed by atoms with Crippen LogP contribution in [-0.2, 0) is 32.0 Å². The number of carbonyl (C=O) groups is 1. The van der Waals surface area contributed by atoms with Crippen molar-refractivity contribution in [1.82, 2.24) is 16.0 Å². The molecular weight excluding hydrogens is 474 g/mol. The largest absolute Gasteiger partial charge is 0.469 e. The molecule has 4 rings (SSSR count). The minimum absolute atomic E-state index is 0.0967. The maximum atomic E-state index is 12.5. The second kappa shape index (κ2) is 11.2. The first kappa shape index (κ1) is 25.2. The molecule has 0 fully saturated rings. The Morgan fingerprint density at radius 2 is 2.00 bits per heavy atom. The smallest absolute Gasteiger partial charge is 0.313 e. The van der Waals surface area contributed by atoms with Crippen molar-refractivity contribution in [2.75, 3.05) is 20.3 Å². The Labute approximate surface area is 210 Å². The van der Waals surface area contributed by atoms with Crippen LogP contribution in [-0.4, -0.2) is 43.7 Å². The molecule has 2 heterocycles. The van der Waals surface area contributed by atoms with E-state index in [-0.39, 0.29) is 24.2 Å². The molecule has 0 spiro atoms. The number of hydrogen-bond donors (Lipinski definition) is 2. The van der Waals surface area contributed by atoms with Gasteiger partial charge < -0.3 is 19.6 Å². The summed E-state index contributed by atoms with van der Waals surface area (Å²) < 4.78 is 16.7. The molecule has 2 unspecified atom stereocenters. The van der Waals surface area contributed by atoms with E-state index in [1.807, 2.05) is 56.4 Å². The van der Waals surface area contributed by atoms with Gasteiger partial charge >= 0.3 is 5.97 Å². The Morgan fingerprint density at radius 1 is 1.26 bits per heavy atom. The fourth-order valence-electron chi connectivity index (χ4n) is 4.59. The third kappa shape index (κ3) is 5.03. The van der Waals surface area contributed by atoms with Crippen LogP contribution in [0.1, 0.15) is 59.6 Å². The maximum Gasteiger partial charge on any atom is 0.313 e. The lowest BCUT2D eigenvalue weighted by Gasteiger charge is -2.30. The van der Waals surface area contributed by atoms with Crippen molar-refractivity contribution < 1.29 is 19.0 Å². The zero-order valence-electron chi connectivity index (χ0n) is 20.0. The average Bonchev–Trinajstić information content (AvgIpc) is 3.34. The standard InChI is InChI=1S/C25H32ClN3O4S/c1-5-32-25(33-6-2)15(3)28-29-14-20-17-11-12-18(24(30)31-4)22(17)34-23(20)19(13-27-29)16-9-7-8-10-21(16)26/h7-10,13,15,18,25,27-28H,5-6,11-12,14H2,1-4H3. The summed E-state index contributed by atoms with van der Waals surface area (Å²) in [5.74, 6) is -0.380. The zero-order chi connectivity index (χ0) is 24.2. The normalized spacial score (nSPS) is 18.6. The molecule has 184 valence electrons. The van der Waals surface area contributed by atoms with Crippen molar-refractivity contribution in [1.29, 1.82) is 0 Å². The summed E-state index contributed by atoms with van der Waals surface area (Å²) in [4.78, 5) is 14.7. The van der Waals surface area contributed by atoms with Gasteiger partial charge in [-0.05, 0) is 50.8 Å². The van der Waals surface area contributed by atoms with Gasteiger partial charge in [-0.1, -0.05) is 29.8 Å². The summed E-state index contributed by atoms with van der Waals surface area (Å²) in [6, 6.07) is 7.73. The van der Waals surface area contributed by atoms with Crippen LogP contribution in [0.15, 0.2) is 30.5 Å². The number of esters is 1. The second-order valence-electron chi connectivity index (χ2n) is 8.32. The summed E-state index contributed by atoms with van der Waals surface area (Å²) >= 11 is 8.28. The molecule has 9 heteroatoms. The van der Waals surface area contributed by atoms with Crippen LogP contribution < -0.4 is 10.9 Å². The van der Waals surface area contributed by atoms with Crippen LogP contribution >= 0.6 is 22.9 Å². The summed E-state index contributed by atoms with van der Waals surface area (Å²) in [5.41, 5.74) is 11.3. The van der Waals surface area contributed by atoms with Gasteiger partial charge in [0, 0.05) is 45.3 Å². The lowest BCUT2D eigenvalue weighted by atomic mass is 10.00. The van der Waals surface area contributed by atoms with Crippen molar-refractivity contribution in [3.63, 3.8) is 0 Å². The Bertz CT molecular complexity index is 1050. The number of fused-ring (bicyclic) bond motifs is 3. The molecule has 0 amide bonds. The molecule has 0 saturated carbocycles. The van der Waals surface area contributed by atoms with Crippen LogP contribution in [0, 0.1) is 0 Å². The van der Waals surface area contributed by atoms with E-state index in [9.17, 15) is 4.79 Å². The van der Waals surface area contributed by atoms with Gasteiger partial charge in [0.25, 0.3) is 0 Å². The number of carbonyl (C=O) groups excluding carboxylic acids is 1. The van der Waals surface area contributed by atoms with Crippen LogP contribution in [0.3, 0.4) is 0 Å². The van der Waals surface area contributed by atoms with Gasteiger partial charge in [-0.2, -0.15) is 5.12 Å². The average molecular weight is 506 g/mol. The van der Waals surface area contributed by atoms with Gasteiger partial charge in [0.2, 0.25) is 0 Å². The number of thiophene rings is 1. The third-order valence-corrected chi connectivity index (χ3v) is 7.90. The van der Waals surface area contributed by atoms with Crippen molar-refractivity contribution in [3.05, 3.63) is 61.9 Å². The third-order valence-electron chi connectivity index (χ3n) is 6.15. The van der Waals surface area contributed by atoms with Crippen LogP contribution in [0.2, 0.25) is 5.02 Å². The van der Waals surface area contributed by atoms with Crippen LogP contribution in [0.25, 0.3) is 5.57 Å². The predicted octanol–water partition coefficient (Wildman–Crippen LogP) is 4.61. The lowest BCUT2D eigenvalue weighted by Crippen LogP contribution is -2.53. The summed E-state index contributed by atoms with van der Waals surface area (Å²) in [7, 11) is 1.46. The summed E-state index contributed by atoms with van der Waals surface area (Å²) in [6.07, 6.45) is 3.23. The molecule has 0 saturated heterocycles. The Kier molecular flexibility index (Phi) is 8.29. The van der Waals surface area contributed by atoms with E-state index in [0.29, 0.717) is 24.8 Å². The number of methoxy groups -OCH3 is 1. The monoisotopic (exact) mass is 505 g/mol. The Hall–Kier alpha value is -1.94. The number of hydrogen-bond acceptors (Lipinski definition) is 8. The SMILES string of the molecule is CCOC(OCC)C(C)NN1Cc2c(sc3c2CCC3C(=O)OC)C(c2ccccc2Cl)=CN1. The Balaban J connectivity index is 1.71. The van der Waals surface area contributed by atoms with Gasteiger partial charge in [-0.25, -0.2) is 5.43 Å². The molecule has 7 nitrogen and oxygen atoms in total. The molecule has 1 aromatic carbocycles. The molecule has 0 radical (unpaired) electrons. The molecule has 2 aromatic rings. The number of nitrogens with zero attached hydrogens (tertiary/aromatic N) is 1. The molecule has 1 aliphatic heterocycles. The Morgan fingerprint density at radius 3 is 2.68 bits per heavy atom. The first-order chi connectivity index (χ1) is 16.5. The number of halogens is 1. The van der Waals surface area contributed by atoms with Gasteiger partial charge in [0.05, 0.1) is 25.6 Å². The van der Waals surface area contributed by atoms with Crippen molar-refractivity contribution in [3.8, 4) is 0 Å². The highest BCUT2D eigenvalue weighted by atomic mass is 35.5. The number of ether oxygens (including phenoxy) is 3. The zero-order valence-corrected chi connectivity index (χ0v) is 21.6. The highest BCUT2D eigenvalue weighted by Gasteiger charge is 2.37. The fourth-order valence-corrected chi connectivity index (χ4v) is 6.34. The van der Waals surface area contributed by atoms with Gasteiger partial charge in [-0.15, -0.1) is 11.3 Å². The van der Waals surface area contributed by atoms with Crippen molar-refractivity contribution in [2.24, 2.45) is 0 Å². The topological polar surface area (TPSA) is 72.1 Å². The second-order valence-corrected chi connectivity index (χ2v) is 9.78. The molecule has 2 atom stereocenters. The molecule has 1 aromatic heterocycles. The van der Waals surface area contributed by atoms with E-state index < -0.39 is 0 Å². The predicted molar refractivity (Wildman–Crippen MR) is 134 cm³/mol. The van der Waals surface area contributed by atoms with E-state index in [4.69, 9.17) is 25.8 Å². The van der Waals surface area contributed by atoms with Gasteiger partial charge in [0.1, 0.15) is 0 Å². The molecule has 1 aliphatic carbocycles. The van der Waals surface area contributed by atoms with E-state index in [1.165, 1.54) is 18.2 Å². The quantitative estimate of drug-likeness (QED) is 0.381. The summed E-state index contributed by atoms with van der Waals surface area (Å²) in [5, 5.41) is 2.64. The highest BCUT2D eigenvalue weighted by Crippen LogP contribution is 2.47. The minimum Gasteiger partial charge on any atom is -0.469 e. The fraction of sp³-hybridized carbons (Fsp3) is 0.480. The first-order valence-corrected chi connectivity index (χ1v) is 12.9. The first-order valence-electron chi connectivity index (χ1n) is 11.7. The minimum atomic E-state index is -0.372. The lowest BCUT2D eigenvalue weighted by molar-refractivity contribution is -0.162. The molecular formula is C25H32ClN3O4S. The molecule has 2 N–H and O–H groups in total. The maximum absolute atomic E-state index is 12.5. The molecule has 34 heavy (non-hydrogen) atoms. The summed E-state index contributed by atoms with van der Waals surface area (Å²) in [6.45, 7) is 7.69. The number of rotatable bonds is 9. The molecule has 2 aliphatic rings. The van der Waals surface area contributed by atoms with Crippen molar-refractivity contribution >= 4 is 34.5 Å². The van der Waals surface area contributed by atoms with E-state index in [1.54, 1.807) is 11.3 Å². The molecule has 0 bridgehead atoms. The van der Waals surface area contributed by atoms with Crippen LogP contribution in [0.4, 0.5) is 0 Å². The van der Waals surface area contributed by atoms with Gasteiger partial charge in [-0.3, -0.25) is 4.79 Å². The van der Waals surface area contributed by atoms with E-state index in [0.717, 1.165) is 33.7 Å². The van der Waals surface area contributed by atoms with Gasteiger partial charge in [0.15, 0.2) is 6.29 Å². The van der Waals surface area contributed by atoms with E-state index in [2.05, 4.69) is 10.9 Å². The van der Waals surface area contributed by atoms with Crippen LogP contribution in [0.5, 0.6) is 0 Å². The number of nitrogens with one attached hydrogen (secondary N) is 2. The highest BCUT2D eigenvalue weighted by molar-refractivity contribution is 7.13. The number of hydrazine groups is 2.